The molecule has 1 aliphatic carbocycles. The van der Waals surface area contributed by atoms with Crippen LogP contribution in [0, 0.1) is 11.8 Å². The summed E-state index contributed by atoms with van der Waals surface area (Å²) >= 11 is 3.62. The zero-order valence-corrected chi connectivity index (χ0v) is 13.7. The molecule has 2 rings (SSSR count). The first-order valence-electron chi connectivity index (χ1n) is 7.26. The maximum atomic E-state index is 5.58. The highest BCUT2D eigenvalue weighted by atomic mass is 79.9. The second kappa shape index (κ2) is 6.76. The van der Waals surface area contributed by atoms with E-state index in [2.05, 4.69) is 53.4 Å². The summed E-state index contributed by atoms with van der Waals surface area (Å²) in [5.74, 6) is 2.48. The maximum absolute atomic E-state index is 5.58. The fourth-order valence-corrected chi connectivity index (χ4v) is 3.79. The molecule has 3 heteroatoms. The average Bonchev–Trinajstić information content (AvgIpc) is 2.80. The van der Waals surface area contributed by atoms with Gasteiger partial charge in [0.15, 0.2) is 0 Å². The van der Waals surface area contributed by atoms with Gasteiger partial charge in [0, 0.05) is 6.04 Å². The fourth-order valence-electron chi connectivity index (χ4n) is 3.28. The Labute approximate surface area is 125 Å². The van der Waals surface area contributed by atoms with Crippen molar-refractivity contribution >= 4 is 15.9 Å². The third kappa shape index (κ3) is 3.32. The number of nitrogens with one attached hydrogen (secondary N) is 1. The Morgan fingerprint density at radius 1 is 1.42 bits per heavy atom. The number of rotatable bonds is 5. The van der Waals surface area contributed by atoms with E-state index in [4.69, 9.17) is 4.74 Å². The Kier molecular flexibility index (Phi) is 5.28. The van der Waals surface area contributed by atoms with Gasteiger partial charge in [0.1, 0.15) is 5.75 Å². The van der Waals surface area contributed by atoms with Gasteiger partial charge in [0.25, 0.3) is 0 Å². The number of ether oxygens (including phenoxy) is 1. The second-order valence-electron chi connectivity index (χ2n) is 5.46. The Bertz CT molecular complexity index is 421. The average molecular weight is 326 g/mol. The molecule has 0 saturated heterocycles. The third-order valence-electron chi connectivity index (χ3n) is 4.28. The molecule has 1 saturated carbocycles. The van der Waals surface area contributed by atoms with Gasteiger partial charge in [-0.15, -0.1) is 0 Å². The van der Waals surface area contributed by atoms with Crippen LogP contribution in [0.2, 0.25) is 0 Å². The van der Waals surface area contributed by atoms with Gasteiger partial charge >= 0.3 is 0 Å². The van der Waals surface area contributed by atoms with Crippen molar-refractivity contribution in [3.05, 3.63) is 28.2 Å². The Morgan fingerprint density at radius 3 is 2.74 bits per heavy atom. The molecule has 0 heterocycles. The van der Waals surface area contributed by atoms with E-state index in [1.807, 2.05) is 6.92 Å². The van der Waals surface area contributed by atoms with E-state index in [1.54, 1.807) is 0 Å². The van der Waals surface area contributed by atoms with Crippen LogP contribution in [0.4, 0.5) is 0 Å². The molecule has 3 unspecified atom stereocenters. The minimum absolute atomic E-state index is 0.449. The monoisotopic (exact) mass is 325 g/mol. The minimum atomic E-state index is 0.449. The predicted octanol–water partition coefficient (Wildman–Crippen LogP) is 4.54. The van der Waals surface area contributed by atoms with Crippen LogP contribution in [-0.4, -0.2) is 13.7 Å². The Balaban J connectivity index is 2.21. The van der Waals surface area contributed by atoms with E-state index >= 15 is 0 Å². The molecule has 0 radical (unpaired) electrons. The van der Waals surface area contributed by atoms with Gasteiger partial charge in [-0.1, -0.05) is 25.8 Å². The van der Waals surface area contributed by atoms with Crippen molar-refractivity contribution in [1.29, 1.82) is 0 Å². The van der Waals surface area contributed by atoms with Crippen molar-refractivity contribution in [3.8, 4) is 5.75 Å². The summed E-state index contributed by atoms with van der Waals surface area (Å²) in [4.78, 5) is 0. The highest BCUT2D eigenvalue weighted by molar-refractivity contribution is 9.10. The van der Waals surface area contributed by atoms with Gasteiger partial charge in [-0.25, -0.2) is 0 Å². The first kappa shape index (κ1) is 14.9. The van der Waals surface area contributed by atoms with E-state index in [1.165, 1.54) is 24.8 Å². The molecule has 106 valence electrons. The number of hydrogen-bond acceptors (Lipinski definition) is 2. The largest absolute Gasteiger partial charge is 0.493 e. The molecule has 2 nitrogen and oxygen atoms in total. The lowest BCUT2D eigenvalue weighted by Crippen LogP contribution is -2.26. The van der Waals surface area contributed by atoms with Crippen molar-refractivity contribution in [2.24, 2.45) is 11.8 Å². The zero-order chi connectivity index (χ0) is 13.8. The van der Waals surface area contributed by atoms with E-state index in [0.29, 0.717) is 12.6 Å². The molecule has 1 aromatic rings. The lowest BCUT2D eigenvalue weighted by molar-refractivity contribution is 0.314. The standard InChI is InChI=1S/C16H24BrNO/c1-4-19-15-9-8-12(10-14(15)17)16(18-3)13-7-5-6-11(13)2/h8-11,13,16,18H,4-7H2,1-3H3. The van der Waals surface area contributed by atoms with Gasteiger partial charge in [0.2, 0.25) is 0 Å². The van der Waals surface area contributed by atoms with Gasteiger partial charge in [-0.2, -0.15) is 0 Å². The molecule has 0 aliphatic heterocycles. The summed E-state index contributed by atoms with van der Waals surface area (Å²) in [6, 6.07) is 6.93. The van der Waals surface area contributed by atoms with Gasteiger partial charge in [0.05, 0.1) is 11.1 Å². The molecular formula is C16H24BrNO. The maximum Gasteiger partial charge on any atom is 0.133 e. The van der Waals surface area contributed by atoms with E-state index in [-0.39, 0.29) is 0 Å². The molecule has 0 bridgehead atoms. The summed E-state index contributed by atoms with van der Waals surface area (Å²) in [5.41, 5.74) is 1.36. The van der Waals surface area contributed by atoms with Crippen molar-refractivity contribution < 1.29 is 4.74 Å². The van der Waals surface area contributed by atoms with Crippen molar-refractivity contribution in [1.82, 2.24) is 5.32 Å². The highest BCUT2D eigenvalue weighted by Crippen LogP contribution is 2.41. The first-order chi connectivity index (χ1) is 9.17. The molecule has 0 aromatic heterocycles. The van der Waals surface area contributed by atoms with Gasteiger partial charge in [-0.05, 0) is 65.9 Å². The molecule has 1 aromatic carbocycles. The molecule has 1 N–H and O–H groups in total. The normalized spacial score (nSPS) is 24.4. The van der Waals surface area contributed by atoms with Crippen molar-refractivity contribution in [2.75, 3.05) is 13.7 Å². The number of halogens is 1. The molecular weight excluding hydrogens is 302 g/mol. The third-order valence-corrected chi connectivity index (χ3v) is 4.90. The molecule has 19 heavy (non-hydrogen) atoms. The van der Waals surface area contributed by atoms with Crippen LogP contribution in [0.1, 0.15) is 44.7 Å². The smallest absolute Gasteiger partial charge is 0.133 e. The summed E-state index contributed by atoms with van der Waals surface area (Å²) in [7, 11) is 2.07. The second-order valence-corrected chi connectivity index (χ2v) is 6.32. The Morgan fingerprint density at radius 2 is 2.21 bits per heavy atom. The van der Waals surface area contributed by atoms with Crippen LogP contribution in [0.25, 0.3) is 0 Å². The van der Waals surface area contributed by atoms with Crippen LogP contribution < -0.4 is 10.1 Å². The molecule has 0 spiro atoms. The Hall–Kier alpha value is -0.540. The van der Waals surface area contributed by atoms with Crippen molar-refractivity contribution in [2.45, 2.75) is 39.2 Å². The minimum Gasteiger partial charge on any atom is -0.493 e. The predicted molar refractivity (Wildman–Crippen MR) is 83.6 cm³/mol. The number of hydrogen-bond donors (Lipinski definition) is 1. The highest BCUT2D eigenvalue weighted by Gasteiger charge is 2.31. The van der Waals surface area contributed by atoms with E-state index in [9.17, 15) is 0 Å². The molecule has 3 atom stereocenters. The summed E-state index contributed by atoms with van der Waals surface area (Å²) < 4.78 is 6.64. The summed E-state index contributed by atoms with van der Waals surface area (Å²) in [5, 5.41) is 3.51. The molecule has 1 fully saturated rings. The van der Waals surface area contributed by atoms with Crippen LogP contribution >= 0.6 is 15.9 Å². The van der Waals surface area contributed by atoms with Crippen LogP contribution in [0.5, 0.6) is 5.75 Å². The zero-order valence-electron chi connectivity index (χ0n) is 12.1. The quantitative estimate of drug-likeness (QED) is 0.857. The summed E-state index contributed by atoms with van der Waals surface area (Å²) in [6.45, 7) is 5.09. The van der Waals surface area contributed by atoms with Crippen LogP contribution in [0.15, 0.2) is 22.7 Å². The van der Waals surface area contributed by atoms with Gasteiger partial charge in [-0.3, -0.25) is 0 Å². The van der Waals surface area contributed by atoms with Crippen molar-refractivity contribution in [3.63, 3.8) is 0 Å². The SMILES string of the molecule is CCOc1ccc(C(NC)C2CCCC2C)cc1Br. The fraction of sp³-hybridized carbons (Fsp3) is 0.625. The molecule has 1 aliphatic rings. The van der Waals surface area contributed by atoms with E-state index < -0.39 is 0 Å². The molecule has 0 amide bonds. The lowest BCUT2D eigenvalue weighted by Gasteiger charge is -2.27. The van der Waals surface area contributed by atoms with E-state index in [0.717, 1.165) is 22.1 Å². The number of benzene rings is 1. The van der Waals surface area contributed by atoms with Crippen LogP contribution in [-0.2, 0) is 0 Å². The van der Waals surface area contributed by atoms with Crippen LogP contribution in [0.3, 0.4) is 0 Å². The summed E-state index contributed by atoms with van der Waals surface area (Å²) in [6.07, 6.45) is 4.06. The van der Waals surface area contributed by atoms with Gasteiger partial charge < -0.3 is 10.1 Å². The lowest BCUT2D eigenvalue weighted by atomic mass is 9.86. The topological polar surface area (TPSA) is 21.3 Å². The first-order valence-corrected chi connectivity index (χ1v) is 8.06.